The maximum absolute atomic E-state index is 10.7. The SMILES string of the molecule is COc1ccc([S+](c2ccccc2)c2ccccc2)cc1.Cc1ccc([S+](c2ccccc2)c2ccccc2)cc1.Ic1ccc([S+](c2ccccc2)c2ccccc2)cc1.O=S(=O)([O-])C(F)(F)F.O=S(=O)([O-])C(F)(F)F.O=S(=O)([O-])C(F)(F)F. The van der Waals surface area contributed by atoms with E-state index in [2.05, 4.69) is 272 Å². The molecule has 0 atom stereocenters. The van der Waals surface area contributed by atoms with Crippen molar-refractivity contribution in [3.8, 4) is 5.75 Å². The van der Waals surface area contributed by atoms with Crippen LogP contribution in [0.2, 0.25) is 0 Å². The van der Waals surface area contributed by atoms with Crippen molar-refractivity contribution in [3.05, 3.63) is 264 Å². The van der Waals surface area contributed by atoms with Gasteiger partial charge in [-0.3, -0.25) is 0 Å². The van der Waals surface area contributed by atoms with E-state index in [1.54, 1.807) is 7.11 Å². The van der Waals surface area contributed by atoms with Gasteiger partial charge in [0.05, 0.1) is 39.8 Å². The van der Waals surface area contributed by atoms with Crippen molar-refractivity contribution in [2.24, 2.45) is 0 Å². The lowest BCUT2D eigenvalue weighted by atomic mass is 10.2. The Morgan fingerprint density at radius 3 is 0.659 bits per heavy atom. The summed E-state index contributed by atoms with van der Waals surface area (Å²) in [7, 11) is -16.7. The molecule has 9 aromatic rings. The molecule has 0 aromatic heterocycles. The van der Waals surface area contributed by atoms with Gasteiger partial charge in [0, 0.05) is 3.57 Å². The minimum Gasteiger partial charge on any atom is -0.741 e. The summed E-state index contributed by atoms with van der Waals surface area (Å²) < 4.78 is 183. The maximum Gasteiger partial charge on any atom is 0.485 e. The molecule has 0 heterocycles. The third-order valence-electron chi connectivity index (χ3n) is 10.3. The molecule has 0 N–H and O–H groups in total. The van der Waals surface area contributed by atoms with E-state index < -0.39 is 46.9 Å². The summed E-state index contributed by atoms with van der Waals surface area (Å²) in [5.74, 6) is 0.892. The van der Waals surface area contributed by atoms with Gasteiger partial charge in [0.25, 0.3) is 0 Å². The molecule has 9 aromatic carbocycles. The smallest absolute Gasteiger partial charge is 0.485 e. The number of alkyl halides is 9. The molecule has 26 heteroatoms. The molecule has 85 heavy (non-hydrogen) atoms. The summed E-state index contributed by atoms with van der Waals surface area (Å²) in [5, 5.41) is 0. The second-order valence-corrected chi connectivity index (χ2v) is 27.9. The van der Waals surface area contributed by atoms with E-state index in [0.717, 1.165) is 5.75 Å². The fourth-order valence-electron chi connectivity index (χ4n) is 6.52. The van der Waals surface area contributed by atoms with E-state index in [4.69, 9.17) is 43.6 Å². The van der Waals surface area contributed by atoms with Gasteiger partial charge in [-0.1, -0.05) is 127 Å². The minimum atomic E-state index is -6.09. The highest BCUT2D eigenvalue weighted by Gasteiger charge is 2.38. The van der Waals surface area contributed by atoms with Crippen LogP contribution < -0.4 is 4.74 Å². The van der Waals surface area contributed by atoms with Gasteiger partial charge >= 0.3 is 16.5 Å². The maximum atomic E-state index is 10.7. The summed E-state index contributed by atoms with van der Waals surface area (Å²) in [6.07, 6.45) is 0. The second kappa shape index (κ2) is 33.0. The first kappa shape index (κ1) is 71.1. The van der Waals surface area contributed by atoms with Crippen molar-refractivity contribution < 1.29 is 83.2 Å². The molecule has 0 aliphatic carbocycles. The van der Waals surface area contributed by atoms with Gasteiger partial charge in [-0.2, -0.15) is 39.5 Å². The van der Waals surface area contributed by atoms with Gasteiger partial charge in [-0.15, -0.1) is 0 Å². The van der Waals surface area contributed by atoms with Crippen molar-refractivity contribution in [3.63, 3.8) is 0 Å². The van der Waals surface area contributed by atoms with Crippen molar-refractivity contribution in [1.82, 2.24) is 0 Å². The summed E-state index contributed by atoms with van der Waals surface area (Å²) in [6, 6.07) is 90.4. The van der Waals surface area contributed by atoms with E-state index in [0.29, 0.717) is 0 Å². The third-order valence-corrected chi connectivity index (χ3v) is 19.4. The van der Waals surface area contributed by atoms with Gasteiger partial charge in [0.2, 0.25) is 0 Å². The standard InChI is InChI=1S/C19H17OS.C19H17S.C18H14IS.3CHF3O3S/c1-20-16-12-14-19(15-13-16)21(17-8-4-2-5-9-17)18-10-6-3-7-11-18;1-16-12-14-19(15-13-16)20(17-8-4-2-5-9-17)18-10-6-3-7-11-18;19-15-11-13-18(14-12-15)20(16-7-3-1-4-8-16)17-9-5-2-6-10-17;3*2-1(3,4)8(5,6)7/h2-15H,1H3;2-15H,1H3;1-14H;3*(H,5,6,7)/q3*+1;;;/p-3. The van der Waals surface area contributed by atoms with Gasteiger partial charge in [-0.25, -0.2) is 25.3 Å². The van der Waals surface area contributed by atoms with E-state index in [1.807, 2.05) is 12.1 Å². The molecule has 0 bridgehead atoms. The van der Waals surface area contributed by atoms with E-state index in [9.17, 15) is 39.5 Å². The van der Waals surface area contributed by atoms with Gasteiger partial charge in [-0.05, 0) is 163 Å². The van der Waals surface area contributed by atoms with Crippen molar-refractivity contribution in [1.29, 1.82) is 0 Å². The molecule has 9 rings (SSSR count). The monoisotopic (exact) mass is 1410 g/mol. The number of halogens is 10. The third kappa shape index (κ3) is 23.8. The minimum absolute atomic E-state index is 0.0229. The van der Waals surface area contributed by atoms with Crippen LogP contribution in [0, 0.1) is 10.5 Å². The predicted octanol–water partition coefficient (Wildman–Crippen LogP) is 15.4. The number of ether oxygens (including phenoxy) is 1. The Bertz CT molecular complexity index is 3400. The van der Waals surface area contributed by atoms with Crippen LogP contribution >= 0.6 is 22.6 Å². The molecular weight excluding hydrogens is 1360 g/mol. The van der Waals surface area contributed by atoms with Crippen LogP contribution in [0.3, 0.4) is 0 Å². The molecule has 0 saturated carbocycles. The first-order valence-corrected chi connectivity index (χ1v) is 32.9. The predicted molar refractivity (Wildman–Crippen MR) is 316 cm³/mol. The fraction of sp³-hybridized carbons (Fsp3) is 0.0847. The zero-order chi connectivity index (χ0) is 63.1. The highest BCUT2D eigenvalue weighted by Crippen LogP contribution is 2.34. The number of methoxy groups -OCH3 is 1. The summed E-state index contributed by atoms with van der Waals surface area (Å²) in [4.78, 5) is 12.1. The molecule has 0 unspecified atom stereocenters. The molecule has 10 nitrogen and oxygen atoms in total. The number of hydrogen-bond donors (Lipinski definition) is 0. The molecule has 450 valence electrons. The number of aryl methyl sites for hydroxylation is 1. The van der Waals surface area contributed by atoms with Crippen molar-refractivity contribution >= 4 is 85.6 Å². The Morgan fingerprint density at radius 2 is 0.482 bits per heavy atom. The van der Waals surface area contributed by atoms with Crippen LogP contribution in [0.25, 0.3) is 0 Å². The highest BCUT2D eigenvalue weighted by molar-refractivity contribution is 14.1. The lowest BCUT2D eigenvalue weighted by molar-refractivity contribution is -0.0522. The molecule has 0 aliphatic heterocycles. The second-order valence-electron chi connectivity index (χ2n) is 16.4. The van der Waals surface area contributed by atoms with Crippen LogP contribution in [0.4, 0.5) is 39.5 Å². The van der Waals surface area contributed by atoms with Crippen LogP contribution in [-0.2, 0) is 63.0 Å². The van der Waals surface area contributed by atoms with Gasteiger partial charge < -0.3 is 18.4 Å². The average Bonchev–Trinajstić information content (AvgIpc) is 3.62. The summed E-state index contributed by atoms with van der Waals surface area (Å²) in [5.41, 5.74) is -15.6. The normalized spacial score (nSPS) is 11.6. The molecule has 0 amide bonds. The van der Waals surface area contributed by atoms with Gasteiger partial charge in [0.1, 0.15) is 5.75 Å². The fourth-order valence-corrected chi connectivity index (χ4v) is 13.1. The largest absolute Gasteiger partial charge is 0.741 e. The van der Waals surface area contributed by atoms with Crippen LogP contribution in [-0.4, -0.2) is 62.5 Å². The topological polar surface area (TPSA) is 181 Å². The molecule has 0 aliphatic rings. The number of benzene rings is 9. The van der Waals surface area contributed by atoms with Crippen molar-refractivity contribution in [2.45, 2.75) is 67.5 Å². The van der Waals surface area contributed by atoms with Crippen LogP contribution in [0.15, 0.2) is 299 Å². The zero-order valence-electron chi connectivity index (χ0n) is 44.1. The summed E-state index contributed by atoms with van der Waals surface area (Å²) in [6.45, 7) is 2.13. The lowest BCUT2D eigenvalue weighted by Crippen LogP contribution is -2.21. The Hall–Kier alpha value is -6.34. The average molecular weight is 1410 g/mol. The van der Waals surface area contributed by atoms with E-state index >= 15 is 0 Å². The van der Waals surface area contributed by atoms with Crippen molar-refractivity contribution in [2.75, 3.05) is 7.11 Å². The zero-order valence-corrected chi connectivity index (χ0v) is 51.1. The molecule has 0 fully saturated rings. The summed E-state index contributed by atoms with van der Waals surface area (Å²) >= 11 is 2.35. The van der Waals surface area contributed by atoms with Crippen LogP contribution in [0.1, 0.15) is 5.56 Å². The van der Waals surface area contributed by atoms with E-state index in [1.165, 1.54) is 53.2 Å². The molecule has 0 saturated heterocycles. The molecule has 0 radical (unpaired) electrons. The Balaban J connectivity index is 0.000000230. The first-order chi connectivity index (χ1) is 39.8. The van der Waals surface area contributed by atoms with E-state index in [-0.39, 0.29) is 32.7 Å². The Labute approximate surface area is 509 Å². The number of hydrogen-bond acceptors (Lipinski definition) is 10. The Kier molecular flexibility index (Phi) is 27.6. The lowest BCUT2D eigenvalue weighted by Gasteiger charge is -2.08. The van der Waals surface area contributed by atoms with Gasteiger partial charge in [0.15, 0.2) is 74.4 Å². The molecule has 0 spiro atoms. The molecular formula is C59H48F9IO10S6. The number of rotatable bonds is 10. The highest BCUT2D eigenvalue weighted by atomic mass is 127. The first-order valence-electron chi connectivity index (χ1n) is 23.9. The van der Waals surface area contributed by atoms with Crippen LogP contribution in [0.5, 0.6) is 5.75 Å². The quantitative estimate of drug-likeness (QED) is 0.0420. The Morgan fingerprint density at radius 1 is 0.318 bits per heavy atom.